The summed E-state index contributed by atoms with van der Waals surface area (Å²) in [7, 11) is 0. The molecule has 0 aromatic heterocycles. The van der Waals surface area contributed by atoms with Gasteiger partial charge in [-0.05, 0) is 131 Å². The molecule has 0 saturated carbocycles. The predicted molar refractivity (Wildman–Crippen MR) is 233 cm³/mol. The standard InChI is InChI=1S/C54H24O2/c55-53-41-7-3-1-5-25(41)27-9-11-37-33-17-13-29-30-14-18-34-38-12-10-28-26-6-2-4-8-42(26)54(56)44-24-22-40(50(38)52(28)44)36-20-16-32(46(30)48(34)36)31-15-19-35(47(33)45(29)31)39-21-23-43(53)51(27)49(37)39/h1-24H. The van der Waals surface area contributed by atoms with E-state index in [1.165, 1.54) is 97.0 Å². The molecule has 252 valence electrons. The lowest BCUT2D eigenvalue weighted by molar-refractivity contribution is 0.103. The highest BCUT2D eigenvalue weighted by molar-refractivity contribution is 6.47. The summed E-state index contributed by atoms with van der Waals surface area (Å²) in [6, 6.07) is 52.2. The minimum atomic E-state index is 0.103. The lowest BCUT2D eigenvalue weighted by atomic mass is 9.77. The summed E-state index contributed by atoms with van der Waals surface area (Å²) in [5.41, 5.74) is 7.45. The number of hydrogen-bond donors (Lipinski definition) is 0. The Bertz CT molecular complexity index is 3690. The normalized spacial score (nSPS) is 13.8. The molecule has 56 heavy (non-hydrogen) atoms. The lowest BCUT2D eigenvalue weighted by Gasteiger charge is -2.25. The fraction of sp³-hybridized carbons (Fsp3) is 0. The van der Waals surface area contributed by atoms with Gasteiger partial charge in [0.15, 0.2) is 11.6 Å². The average Bonchev–Trinajstić information content (AvgIpc) is 3.25. The molecule has 13 aromatic carbocycles. The topological polar surface area (TPSA) is 34.1 Å². The molecule has 0 aliphatic heterocycles. The highest BCUT2D eigenvalue weighted by Gasteiger charge is 2.30. The van der Waals surface area contributed by atoms with E-state index in [0.29, 0.717) is 0 Å². The van der Waals surface area contributed by atoms with Crippen LogP contribution < -0.4 is 0 Å². The molecule has 2 heteroatoms. The Balaban J connectivity index is 1.09. The number of carbonyl (C=O) groups excluding carboxylic acids is 2. The van der Waals surface area contributed by atoms with E-state index in [1.54, 1.807) is 0 Å². The van der Waals surface area contributed by atoms with Gasteiger partial charge in [-0.3, -0.25) is 9.59 Å². The Kier molecular flexibility index (Phi) is 4.56. The third-order valence-electron chi connectivity index (χ3n) is 13.8. The van der Waals surface area contributed by atoms with Crippen LogP contribution in [0.2, 0.25) is 0 Å². The maximum atomic E-state index is 13.9. The van der Waals surface area contributed by atoms with Crippen molar-refractivity contribution in [3.8, 4) is 22.3 Å². The fourth-order valence-electron chi connectivity index (χ4n) is 11.6. The van der Waals surface area contributed by atoms with Crippen molar-refractivity contribution in [2.45, 2.75) is 0 Å². The van der Waals surface area contributed by atoms with Crippen molar-refractivity contribution in [2.75, 3.05) is 0 Å². The van der Waals surface area contributed by atoms with E-state index >= 15 is 0 Å². The number of benzene rings is 13. The van der Waals surface area contributed by atoms with Crippen LogP contribution in [0.15, 0.2) is 146 Å². The van der Waals surface area contributed by atoms with Crippen LogP contribution in [-0.4, -0.2) is 11.6 Å². The summed E-state index contributed by atoms with van der Waals surface area (Å²) >= 11 is 0. The molecule has 0 heterocycles. The van der Waals surface area contributed by atoms with Crippen molar-refractivity contribution < 1.29 is 9.59 Å². The molecule has 0 unspecified atom stereocenters. The van der Waals surface area contributed by atoms with E-state index in [4.69, 9.17) is 0 Å². The monoisotopic (exact) mass is 704 g/mol. The molecule has 0 fully saturated rings. The van der Waals surface area contributed by atoms with Crippen LogP contribution in [0.3, 0.4) is 0 Å². The lowest BCUT2D eigenvalue weighted by Crippen LogP contribution is -2.10. The molecule has 0 amide bonds. The number of rotatable bonds is 0. The van der Waals surface area contributed by atoms with Crippen molar-refractivity contribution >= 4 is 119 Å². The molecular weight excluding hydrogens is 681 g/mol. The molecule has 2 aliphatic rings. The summed E-state index contributed by atoms with van der Waals surface area (Å²) in [6.07, 6.45) is 0. The van der Waals surface area contributed by atoms with Gasteiger partial charge in [0.2, 0.25) is 0 Å². The van der Waals surface area contributed by atoms with E-state index in [9.17, 15) is 9.59 Å². The zero-order valence-corrected chi connectivity index (χ0v) is 29.7. The minimum absolute atomic E-state index is 0.103. The molecule has 0 bridgehead atoms. The van der Waals surface area contributed by atoms with Gasteiger partial charge in [0, 0.05) is 33.0 Å². The van der Waals surface area contributed by atoms with Gasteiger partial charge in [-0.1, -0.05) is 133 Å². The Morgan fingerprint density at radius 2 is 0.393 bits per heavy atom. The van der Waals surface area contributed by atoms with Crippen LogP contribution in [0.4, 0.5) is 0 Å². The van der Waals surface area contributed by atoms with Gasteiger partial charge in [-0.15, -0.1) is 0 Å². The van der Waals surface area contributed by atoms with Crippen molar-refractivity contribution in [3.05, 3.63) is 168 Å². The number of hydrogen-bond acceptors (Lipinski definition) is 2. The Morgan fingerprint density at radius 3 is 0.679 bits per heavy atom. The van der Waals surface area contributed by atoms with E-state index in [2.05, 4.69) is 109 Å². The highest BCUT2D eigenvalue weighted by Crippen LogP contribution is 2.53. The third kappa shape index (κ3) is 2.90. The number of ketones is 2. The summed E-state index contributed by atoms with van der Waals surface area (Å²) in [6.45, 7) is 0. The van der Waals surface area contributed by atoms with Gasteiger partial charge >= 0.3 is 0 Å². The SMILES string of the molecule is O=C1c2ccccc2-c2ccc3c4ccc5c6ccc7c8ccc9c%10c(ccc(c%11ccc(c%12ccc(c%13ccc1c2c%133)c4c%125)c6c%117)c%108)C(=O)c1ccccc1-9. The molecule has 0 radical (unpaired) electrons. The predicted octanol–water partition coefficient (Wildman–Crippen LogP) is 14.0. The summed E-state index contributed by atoms with van der Waals surface area (Å²) in [5.74, 6) is 0.206. The van der Waals surface area contributed by atoms with Crippen LogP contribution in [-0.2, 0) is 0 Å². The molecule has 2 nitrogen and oxygen atoms in total. The van der Waals surface area contributed by atoms with Crippen LogP contribution in [0.1, 0.15) is 31.8 Å². The van der Waals surface area contributed by atoms with E-state index in [1.807, 2.05) is 36.4 Å². The van der Waals surface area contributed by atoms with Gasteiger partial charge in [0.1, 0.15) is 0 Å². The number of carbonyl (C=O) groups is 2. The molecule has 13 aromatic rings. The first-order valence-corrected chi connectivity index (χ1v) is 19.3. The molecule has 0 atom stereocenters. The molecule has 2 aliphatic carbocycles. The van der Waals surface area contributed by atoms with E-state index < -0.39 is 0 Å². The Hall–Kier alpha value is -7.42. The fourth-order valence-corrected chi connectivity index (χ4v) is 11.6. The number of fused-ring (bicyclic) bond motifs is 10. The quantitative estimate of drug-likeness (QED) is 0.116. The van der Waals surface area contributed by atoms with E-state index in [0.717, 1.165) is 55.3 Å². The Morgan fingerprint density at radius 1 is 0.179 bits per heavy atom. The highest BCUT2D eigenvalue weighted by atomic mass is 16.1. The molecule has 0 spiro atoms. The smallest absolute Gasteiger partial charge is 0.194 e. The molecule has 15 rings (SSSR count). The van der Waals surface area contributed by atoms with Crippen molar-refractivity contribution in [3.63, 3.8) is 0 Å². The van der Waals surface area contributed by atoms with Crippen LogP contribution in [0.5, 0.6) is 0 Å². The Labute approximate surface area is 317 Å². The largest absolute Gasteiger partial charge is 0.289 e. The first kappa shape index (κ1) is 28.1. The first-order chi connectivity index (χ1) is 27.7. The second-order valence-corrected chi connectivity index (χ2v) is 16.0. The van der Waals surface area contributed by atoms with Gasteiger partial charge in [-0.2, -0.15) is 0 Å². The maximum Gasteiger partial charge on any atom is 0.194 e. The van der Waals surface area contributed by atoms with Crippen molar-refractivity contribution in [2.24, 2.45) is 0 Å². The summed E-state index contributed by atoms with van der Waals surface area (Å²) < 4.78 is 0. The van der Waals surface area contributed by atoms with Gasteiger partial charge < -0.3 is 0 Å². The molecular formula is C54H24O2. The first-order valence-electron chi connectivity index (χ1n) is 19.3. The van der Waals surface area contributed by atoms with Crippen molar-refractivity contribution in [1.82, 2.24) is 0 Å². The average molecular weight is 705 g/mol. The minimum Gasteiger partial charge on any atom is -0.289 e. The second kappa shape index (κ2) is 9.09. The van der Waals surface area contributed by atoms with Gasteiger partial charge in [0.05, 0.1) is 0 Å². The maximum absolute atomic E-state index is 13.9. The van der Waals surface area contributed by atoms with Gasteiger partial charge in [-0.25, -0.2) is 0 Å². The summed E-state index contributed by atoms with van der Waals surface area (Å²) in [5, 5.41) is 24.3. The second-order valence-electron chi connectivity index (χ2n) is 16.0. The summed E-state index contributed by atoms with van der Waals surface area (Å²) in [4.78, 5) is 27.8. The zero-order valence-electron chi connectivity index (χ0n) is 29.7. The zero-order chi connectivity index (χ0) is 36.3. The molecule has 0 saturated heterocycles. The van der Waals surface area contributed by atoms with Crippen LogP contribution in [0.25, 0.3) is 130 Å². The van der Waals surface area contributed by atoms with E-state index in [-0.39, 0.29) is 11.6 Å². The van der Waals surface area contributed by atoms with Crippen molar-refractivity contribution in [1.29, 1.82) is 0 Å². The third-order valence-corrected chi connectivity index (χ3v) is 13.8. The van der Waals surface area contributed by atoms with Crippen LogP contribution >= 0.6 is 0 Å². The molecule has 0 N–H and O–H groups in total. The van der Waals surface area contributed by atoms with Gasteiger partial charge in [0.25, 0.3) is 0 Å². The van der Waals surface area contributed by atoms with Crippen LogP contribution in [0, 0.1) is 0 Å².